The number of carboxylic acids is 1. The molecule has 1 heterocycles. The van der Waals surface area contributed by atoms with E-state index in [0.717, 1.165) is 25.7 Å². The highest BCUT2D eigenvalue weighted by Crippen LogP contribution is 2.38. The molecule has 1 N–H and O–H groups in total. The van der Waals surface area contributed by atoms with Gasteiger partial charge in [-0.1, -0.05) is 19.8 Å². The molecular weight excluding hydrogens is 218 g/mol. The van der Waals surface area contributed by atoms with Crippen molar-refractivity contribution in [2.75, 3.05) is 6.54 Å². The average molecular weight is 239 g/mol. The molecule has 1 amide bonds. The van der Waals surface area contributed by atoms with Crippen molar-refractivity contribution in [1.29, 1.82) is 0 Å². The minimum Gasteiger partial charge on any atom is -0.479 e. The van der Waals surface area contributed by atoms with E-state index in [4.69, 9.17) is 0 Å². The highest BCUT2D eigenvalue weighted by Gasteiger charge is 2.49. The van der Waals surface area contributed by atoms with Crippen LogP contribution in [0.5, 0.6) is 0 Å². The van der Waals surface area contributed by atoms with Gasteiger partial charge in [0.25, 0.3) is 0 Å². The second-order valence-corrected chi connectivity index (χ2v) is 5.54. The molecule has 2 rings (SSSR count). The molecule has 1 aliphatic heterocycles. The average Bonchev–Trinajstić information content (AvgIpc) is 2.29. The van der Waals surface area contributed by atoms with Crippen molar-refractivity contribution in [3.8, 4) is 0 Å². The number of carbonyl (C=O) groups is 2. The Hall–Kier alpha value is -1.06. The maximum absolute atomic E-state index is 12.0. The molecule has 0 aromatic rings. The van der Waals surface area contributed by atoms with Crippen LogP contribution in [0.1, 0.15) is 51.9 Å². The van der Waals surface area contributed by atoms with Gasteiger partial charge in [-0.15, -0.1) is 0 Å². The molecule has 2 atom stereocenters. The Bertz CT molecular complexity index is 329. The van der Waals surface area contributed by atoms with Crippen LogP contribution in [-0.2, 0) is 9.59 Å². The maximum Gasteiger partial charge on any atom is 0.329 e. The van der Waals surface area contributed by atoms with Gasteiger partial charge < -0.3 is 10.0 Å². The lowest BCUT2D eigenvalue weighted by molar-refractivity contribution is -0.165. The second kappa shape index (κ2) is 4.67. The summed E-state index contributed by atoms with van der Waals surface area (Å²) in [6.45, 7) is 2.71. The topological polar surface area (TPSA) is 57.6 Å². The Kier molecular flexibility index (Phi) is 3.40. The lowest BCUT2D eigenvalue weighted by atomic mass is 9.74. The summed E-state index contributed by atoms with van der Waals surface area (Å²) in [6, 6.07) is 0. The molecule has 17 heavy (non-hydrogen) atoms. The summed E-state index contributed by atoms with van der Waals surface area (Å²) < 4.78 is 0. The summed E-state index contributed by atoms with van der Waals surface area (Å²) in [5, 5.41) is 9.58. The molecular formula is C13H21NO3. The molecule has 1 aliphatic carbocycles. The molecule has 4 heteroatoms. The quantitative estimate of drug-likeness (QED) is 0.802. The molecule has 2 fully saturated rings. The van der Waals surface area contributed by atoms with Crippen molar-refractivity contribution >= 4 is 11.9 Å². The standard InChI is InChI=1S/C13H21NO3/c1-10-5-4-7-13(9-10,12(16)17)14-8-3-2-6-11(14)15/h10H,2-9H2,1H3,(H,16,17). The summed E-state index contributed by atoms with van der Waals surface area (Å²) >= 11 is 0. The van der Waals surface area contributed by atoms with Crippen LogP contribution >= 0.6 is 0 Å². The predicted octanol–water partition coefficient (Wildman–Crippen LogP) is 2.03. The van der Waals surface area contributed by atoms with E-state index in [9.17, 15) is 14.7 Å². The van der Waals surface area contributed by atoms with Crippen LogP contribution in [-0.4, -0.2) is 34.0 Å². The van der Waals surface area contributed by atoms with Crippen molar-refractivity contribution < 1.29 is 14.7 Å². The molecule has 96 valence electrons. The smallest absolute Gasteiger partial charge is 0.329 e. The molecule has 1 saturated carbocycles. The first-order valence-electron chi connectivity index (χ1n) is 6.60. The molecule has 0 aromatic heterocycles. The highest BCUT2D eigenvalue weighted by molar-refractivity contribution is 5.87. The largest absolute Gasteiger partial charge is 0.479 e. The van der Waals surface area contributed by atoms with E-state index >= 15 is 0 Å². The fourth-order valence-corrected chi connectivity index (χ4v) is 3.34. The summed E-state index contributed by atoms with van der Waals surface area (Å²) in [7, 11) is 0. The van der Waals surface area contributed by atoms with Crippen molar-refractivity contribution in [2.24, 2.45) is 5.92 Å². The normalized spacial score (nSPS) is 34.8. The van der Waals surface area contributed by atoms with E-state index in [-0.39, 0.29) is 5.91 Å². The third-order valence-corrected chi connectivity index (χ3v) is 4.21. The summed E-state index contributed by atoms with van der Waals surface area (Å²) in [5.41, 5.74) is -0.908. The van der Waals surface area contributed by atoms with E-state index in [1.165, 1.54) is 0 Å². The summed E-state index contributed by atoms with van der Waals surface area (Å²) in [6.07, 6.45) is 5.60. The minimum atomic E-state index is -0.908. The number of carboxylic acid groups (broad SMARTS) is 1. The van der Waals surface area contributed by atoms with Crippen LogP contribution in [0.4, 0.5) is 0 Å². The van der Waals surface area contributed by atoms with Gasteiger partial charge in [0.2, 0.25) is 5.91 Å². The number of piperidine rings is 1. The van der Waals surface area contributed by atoms with Crippen LogP contribution in [0, 0.1) is 5.92 Å². The zero-order valence-electron chi connectivity index (χ0n) is 10.4. The SMILES string of the molecule is CC1CCCC(C(=O)O)(N2CCCCC2=O)C1. The maximum atomic E-state index is 12.0. The second-order valence-electron chi connectivity index (χ2n) is 5.54. The van der Waals surface area contributed by atoms with E-state index in [0.29, 0.717) is 31.7 Å². The van der Waals surface area contributed by atoms with Gasteiger partial charge in [-0.25, -0.2) is 4.79 Å². The fourth-order valence-electron chi connectivity index (χ4n) is 3.34. The zero-order chi connectivity index (χ0) is 12.5. The lowest BCUT2D eigenvalue weighted by Crippen LogP contribution is -2.60. The van der Waals surface area contributed by atoms with E-state index in [2.05, 4.69) is 6.92 Å². The van der Waals surface area contributed by atoms with Crippen molar-refractivity contribution in [3.05, 3.63) is 0 Å². The summed E-state index contributed by atoms with van der Waals surface area (Å²) in [5.74, 6) is -0.373. The number of hydrogen-bond donors (Lipinski definition) is 1. The predicted molar refractivity (Wildman–Crippen MR) is 63.6 cm³/mol. The van der Waals surface area contributed by atoms with Crippen LogP contribution in [0.2, 0.25) is 0 Å². The number of amides is 1. The van der Waals surface area contributed by atoms with E-state index in [1.54, 1.807) is 4.90 Å². The summed E-state index contributed by atoms with van der Waals surface area (Å²) in [4.78, 5) is 25.3. The fraction of sp³-hybridized carbons (Fsp3) is 0.846. The van der Waals surface area contributed by atoms with Gasteiger partial charge in [-0.3, -0.25) is 4.79 Å². The monoisotopic (exact) mass is 239 g/mol. The molecule has 0 bridgehead atoms. The van der Waals surface area contributed by atoms with Crippen LogP contribution in [0.15, 0.2) is 0 Å². The Labute approximate surface area is 102 Å². The molecule has 0 radical (unpaired) electrons. The third-order valence-electron chi connectivity index (χ3n) is 4.21. The van der Waals surface area contributed by atoms with Gasteiger partial charge in [0.15, 0.2) is 0 Å². The van der Waals surface area contributed by atoms with Crippen LogP contribution in [0.3, 0.4) is 0 Å². The van der Waals surface area contributed by atoms with Gasteiger partial charge in [0.05, 0.1) is 0 Å². The Morgan fingerprint density at radius 3 is 2.76 bits per heavy atom. The van der Waals surface area contributed by atoms with Gasteiger partial charge in [-0.2, -0.15) is 0 Å². The van der Waals surface area contributed by atoms with Gasteiger partial charge in [-0.05, 0) is 31.6 Å². The Morgan fingerprint density at radius 1 is 1.41 bits per heavy atom. The van der Waals surface area contributed by atoms with Crippen molar-refractivity contribution in [3.63, 3.8) is 0 Å². The van der Waals surface area contributed by atoms with Gasteiger partial charge in [0.1, 0.15) is 5.54 Å². The number of hydrogen-bond acceptors (Lipinski definition) is 2. The number of rotatable bonds is 2. The zero-order valence-corrected chi connectivity index (χ0v) is 10.4. The Balaban J connectivity index is 2.26. The van der Waals surface area contributed by atoms with E-state index in [1.807, 2.05) is 0 Å². The molecule has 2 aliphatic rings. The first-order chi connectivity index (χ1) is 8.06. The van der Waals surface area contributed by atoms with Crippen molar-refractivity contribution in [1.82, 2.24) is 4.90 Å². The first-order valence-corrected chi connectivity index (χ1v) is 6.60. The molecule has 0 spiro atoms. The molecule has 4 nitrogen and oxygen atoms in total. The van der Waals surface area contributed by atoms with Crippen molar-refractivity contribution in [2.45, 2.75) is 57.4 Å². The van der Waals surface area contributed by atoms with Crippen LogP contribution < -0.4 is 0 Å². The highest BCUT2D eigenvalue weighted by atomic mass is 16.4. The van der Waals surface area contributed by atoms with Gasteiger partial charge in [0, 0.05) is 13.0 Å². The number of nitrogens with zero attached hydrogens (tertiary/aromatic N) is 1. The Morgan fingerprint density at radius 2 is 2.18 bits per heavy atom. The number of likely N-dealkylation sites (tertiary alicyclic amines) is 1. The molecule has 0 aromatic carbocycles. The molecule has 2 unspecified atom stereocenters. The van der Waals surface area contributed by atoms with E-state index < -0.39 is 11.5 Å². The first kappa shape index (κ1) is 12.4. The number of carbonyl (C=O) groups excluding carboxylic acids is 1. The minimum absolute atomic E-state index is 0.0350. The third kappa shape index (κ3) is 2.17. The molecule has 1 saturated heterocycles. The van der Waals surface area contributed by atoms with Gasteiger partial charge >= 0.3 is 5.97 Å². The lowest BCUT2D eigenvalue weighted by Gasteiger charge is -2.46. The number of aliphatic carboxylic acids is 1. The van der Waals surface area contributed by atoms with Crippen LogP contribution in [0.25, 0.3) is 0 Å².